The monoisotopic (exact) mass is 334 g/mol. The van der Waals surface area contributed by atoms with Crippen LogP contribution in [0.2, 0.25) is 0 Å². The van der Waals surface area contributed by atoms with Crippen molar-refractivity contribution in [3.05, 3.63) is 30.3 Å². The Morgan fingerprint density at radius 3 is 1.58 bits per heavy atom. The molecule has 0 atom stereocenters. The second-order valence-electron chi connectivity index (χ2n) is 4.74. The number of carbonyl (C=O) groups excluding carboxylic acids is 2. The predicted molar refractivity (Wildman–Crippen MR) is 80.6 cm³/mol. The third kappa shape index (κ3) is 4.29. The summed E-state index contributed by atoms with van der Waals surface area (Å²) >= 11 is 0. The van der Waals surface area contributed by atoms with E-state index >= 15 is 0 Å². The number of esters is 2. The maximum atomic E-state index is 11.1. The molecule has 2 rings (SSSR count). The number of hydrogen-bond donors (Lipinski definition) is 3. The predicted octanol–water partition coefficient (Wildman–Crippen LogP) is 2.45. The quantitative estimate of drug-likeness (QED) is 0.575. The van der Waals surface area contributed by atoms with E-state index in [0.29, 0.717) is 0 Å². The Labute approximate surface area is 136 Å². The van der Waals surface area contributed by atoms with Gasteiger partial charge in [-0.05, 0) is 0 Å². The van der Waals surface area contributed by atoms with Gasteiger partial charge in [-0.15, -0.1) is 0 Å². The van der Waals surface area contributed by atoms with Gasteiger partial charge in [0.25, 0.3) is 0 Å². The van der Waals surface area contributed by atoms with Crippen LogP contribution in [-0.2, 0) is 9.59 Å². The van der Waals surface area contributed by atoms with Gasteiger partial charge in [-0.3, -0.25) is 9.59 Å². The molecule has 0 radical (unpaired) electrons. The van der Waals surface area contributed by atoms with E-state index in [0.717, 1.165) is 12.1 Å². The van der Waals surface area contributed by atoms with E-state index in [4.69, 9.17) is 14.2 Å². The lowest BCUT2D eigenvalue weighted by Gasteiger charge is -2.12. The summed E-state index contributed by atoms with van der Waals surface area (Å²) < 4.78 is 15.2. The zero-order valence-electron chi connectivity index (χ0n) is 12.8. The highest BCUT2D eigenvalue weighted by molar-refractivity contribution is 5.71. The largest absolute Gasteiger partial charge is 0.508 e. The Balaban J connectivity index is 2.41. The summed E-state index contributed by atoms with van der Waals surface area (Å²) in [5.74, 6) is -2.83. The number of benzene rings is 2. The summed E-state index contributed by atoms with van der Waals surface area (Å²) in [6.07, 6.45) is 0. The van der Waals surface area contributed by atoms with Gasteiger partial charge < -0.3 is 29.5 Å². The first kappa shape index (κ1) is 16.9. The molecule has 0 aliphatic rings. The first-order chi connectivity index (χ1) is 11.2. The molecule has 0 aromatic heterocycles. The second kappa shape index (κ2) is 6.78. The summed E-state index contributed by atoms with van der Waals surface area (Å²) in [6.45, 7) is 2.38. The third-order valence-electron chi connectivity index (χ3n) is 2.63. The molecule has 8 nitrogen and oxygen atoms in total. The fraction of sp³-hybridized carbons (Fsp3) is 0.125. The molecular formula is C16H14O8. The molecule has 0 bridgehead atoms. The molecule has 0 saturated heterocycles. The molecule has 0 aliphatic carbocycles. The number of aromatic hydroxyl groups is 3. The number of rotatable bonds is 4. The van der Waals surface area contributed by atoms with Crippen LogP contribution in [0.25, 0.3) is 0 Å². The van der Waals surface area contributed by atoms with Gasteiger partial charge in [-0.1, -0.05) is 0 Å². The van der Waals surface area contributed by atoms with E-state index in [1.165, 1.54) is 32.0 Å². The van der Waals surface area contributed by atoms with Crippen molar-refractivity contribution in [2.45, 2.75) is 13.8 Å². The molecule has 24 heavy (non-hydrogen) atoms. The van der Waals surface area contributed by atoms with E-state index < -0.39 is 23.4 Å². The highest BCUT2D eigenvalue weighted by atomic mass is 16.5. The summed E-state index contributed by atoms with van der Waals surface area (Å²) in [7, 11) is 0. The van der Waals surface area contributed by atoms with Crippen molar-refractivity contribution in [1.29, 1.82) is 0 Å². The van der Waals surface area contributed by atoms with Gasteiger partial charge >= 0.3 is 11.9 Å². The Morgan fingerprint density at radius 1 is 0.750 bits per heavy atom. The minimum absolute atomic E-state index is 0.0151. The van der Waals surface area contributed by atoms with Crippen molar-refractivity contribution in [3.63, 3.8) is 0 Å². The molecule has 0 amide bonds. The van der Waals surface area contributed by atoms with Crippen LogP contribution in [0.1, 0.15) is 13.8 Å². The van der Waals surface area contributed by atoms with Gasteiger partial charge in [-0.2, -0.15) is 0 Å². The number of hydrogen-bond acceptors (Lipinski definition) is 8. The van der Waals surface area contributed by atoms with Crippen LogP contribution in [0.4, 0.5) is 0 Å². The molecule has 0 heterocycles. The third-order valence-corrected chi connectivity index (χ3v) is 2.63. The van der Waals surface area contributed by atoms with Crippen LogP contribution >= 0.6 is 0 Å². The number of carbonyl (C=O) groups is 2. The maximum absolute atomic E-state index is 11.1. The fourth-order valence-corrected chi connectivity index (χ4v) is 1.86. The molecule has 3 N–H and O–H groups in total. The van der Waals surface area contributed by atoms with Gasteiger partial charge in [0.15, 0.2) is 11.5 Å². The number of ether oxygens (including phenoxy) is 3. The Kier molecular flexibility index (Phi) is 4.78. The lowest BCUT2D eigenvalue weighted by atomic mass is 10.2. The first-order valence-electron chi connectivity index (χ1n) is 6.69. The average Bonchev–Trinajstić information content (AvgIpc) is 2.41. The van der Waals surface area contributed by atoms with E-state index in [-0.39, 0.29) is 28.7 Å². The van der Waals surface area contributed by atoms with Crippen LogP contribution in [0, 0.1) is 0 Å². The first-order valence-corrected chi connectivity index (χ1v) is 6.69. The van der Waals surface area contributed by atoms with Gasteiger partial charge in [0.1, 0.15) is 23.0 Å². The van der Waals surface area contributed by atoms with Crippen molar-refractivity contribution >= 4 is 11.9 Å². The summed E-state index contributed by atoms with van der Waals surface area (Å²) in [5.41, 5.74) is 0. The van der Waals surface area contributed by atoms with E-state index in [1.807, 2.05) is 0 Å². The Hall–Kier alpha value is -3.42. The smallest absolute Gasteiger partial charge is 0.308 e. The maximum Gasteiger partial charge on any atom is 0.308 e. The van der Waals surface area contributed by atoms with Crippen LogP contribution < -0.4 is 14.2 Å². The van der Waals surface area contributed by atoms with Gasteiger partial charge in [-0.25, -0.2) is 0 Å². The molecule has 2 aromatic carbocycles. The minimum Gasteiger partial charge on any atom is -0.508 e. The molecule has 126 valence electrons. The zero-order chi connectivity index (χ0) is 17.9. The lowest BCUT2D eigenvalue weighted by Crippen LogP contribution is -2.04. The van der Waals surface area contributed by atoms with Crippen molar-refractivity contribution in [2.75, 3.05) is 0 Å². The minimum atomic E-state index is -0.601. The number of phenols is 3. The van der Waals surface area contributed by atoms with E-state index in [2.05, 4.69) is 0 Å². The van der Waals surface area contributed by atoms with Crippen LogP contribution in [0.5, 0.6) is 40.2 Å². The van der Waals surface area contributed by atoms with Gasteiger partial charge in [0.05, 0.1) is 0 Å². The number of phenolic OH excluding ortho intramolecular Hbond substituents is 3. The summed E-state index contributed by atoms with van der Waals surface area (Å²) in [6, 6.07) is 5.82. The normalized spacial score (nSPS) is 10.1. The lowest BCUT2D eigenvalue weighted by molar-refractivity contribution is -0.132. The zero-order valence-corrected chi connectivity index (χ0v) is 12.8. The molecule has 0 spiro atoms. The average molecular weight is 334 g/mol. The molecular weight excluding hydrogens is 320 g/mol. The van der Waals surface area contributed by atoms with Crippen molar-refractivity contribution < 1.29 is 39.1 Å². The fourth-order valence-electron chi connectivity index (χ4n) is 1.86. The Morgan fingerprint density at radius 2 is 1.17 bits per heavy atom. The van der Waals surface area contributed by atoms with Crippen LogP contribution in [0.15, 0.2) is 30.3 Å². The van der Waals surface area contributed by atoms with Crippen molar-refractivity contribution in [3.8, 4) is 40.2 Å². The highest BCUT2D eigenvalue weighted by Crippen LogP contribution is 2.43. The Bertz CT molecular complexity index is 739. The second-order valence-corrected chi connectivity index (χ2v) is 4.74. The molecule has 0 fully saturated rings. The summed E-state index contributed by atoms with van der Waals surface area (Å²) in [4.78, 5) is 22.2. The molecule has 0 unspecified atom stereocenters. The topological polar surface area (TPSA) is 123 Å². The van der Waals surface area contributed by atoms with E-state index in [9.17, 15) is 24.9 Å². The molecule has 2 aromatic rings. The van der Waals surface area contributed by atoms with Gasteiger partial charge in [0.2, 0.25) is 5.75 Å². The van der Waals surface area contributed by atoms with E-state index in [1.54, 1.807) is 0 Å². The molecule has 0 aliphatic heterocycles. The molecule has 0 saturated carbocycles. The summed E-state index contributed by atoms with van der Waals surface area (Å²) in [5, 5.41) is 28.8. The van der Waals surface area contributed by atoms with Gasteiger partial charge in [0, 0.05) is 44.2 Å². The van der Waals surface area contributed by atoms with Crippen molar-refractivity contribution in [1.82, 2.24) is 0 Å². The van der Waals surface area contributed by atoms with Crippen LogP contribution in [0.3, 0.4) is 0 Å². The SMILES string of the molecule is CC(=O)Oc1cc(OC(C)=O)cc(Oc2c(O)cc(O)cc2O)c1. The van der Waals surface area contributed by atoms with Crippen LogP contribution in [-0.4, -0.2) is 27.3 Å². The van der Waals surface area contributed by atoms with Crippen molar-refractivity contribution in [2.24, 2.45) is 0 Å². The molecule has 8 heteroatoms. The standard InChI is InChI=1S/C16H14O8/c1-8(17)22-11-5-12(23-9(2)18)7-13(6-11)24-16-14(20)3-10(19)4-15(16)21/h3-7,19-21H,1-2H3. The highest BCUT2D eigenvalue weighted by Gasteiger charge is 2.15.